The van der Waals surface area contributed by atoms with E-state index in [1.54, 1.807) is 0 Å². The van der Waals surface area contributed by atoms with E-state index in [2.05, 4.69) is 54.3 Å². The van der Waals surface area contributed by atoms with Crippen LogP contribution in [0.5, 0.6) is 0 Å². The van der Waals surface area contributed by atoms with E-state index in [1.165, 1.54) is 46.4 Å². The van der Waals surface area contributed by atoms with Crippen LogP contribution in [0.2, 0.25) is 0 Å². The number of fused-ring (bicyclic) bond motifs is 1. The molecule has 0 unspecified atom stereocenters. The Labute approximate surface area is 129 Å². The maximum Gasteiger partial charge on any atom is 0.142 e. The first-order valence-electron chi connectivity index (χ1n) is 7.33. The average molecular weight is 333 g/mol. The fourth-order valence-electron chi connectivity index (χ4n) is 3.24. The minimum absolute atomic E-state index is 1.03. The van der Waals surface area contributed by atoms with Gasteiger partial charge in [-0.3, -0.25) is 0 Å². The molecule has 0 fully saturated rings. The summed E-state index contributed by atoms with van der Waals surface area (Å²) in [6, 6.07) is 2.28. The van der Waals surface area contributed by atoms with E-state index in [0.717, 1.165) is 23.4 Å². The van der Waals surface area contributed by atoms with Crippen molar-refractivity contribution in [3.05, 3.63) is 38.6 Å². The minimum atomic E-state index is 1.03. The Morgan fingerprint density at radius 1 is 1.05 bits per heavy atom. The van der Waals surface area contributed by atoms with Gasteiger partial charge in [-0.15, -0.1) is 0 Å². The van der Waals surface area contributed by atoms with Gasteiger partial charge >= 0.3 is 0 Å². The van der Waals surface area contributed by atoms with Crippen LogP contribution in [0.3, 0.4) is 0 Å². The van der Waals surface area contributed by atoms with Gasteiger partial charge in [-0.2, -0.15) is 0 Å². The number of nitrogens with zero attached hydrogens (tertiary/aromatic N) is 2. The van der Waals surface area contributed by atoms with Crippen molar-refractivity contribution in [1.82, 2.24) is 9.55 Å². The second kappa shape index (κ2) is 5.03. The molecule has 0 saturated heterocycles. The highest BCUT2D eigenvalue weighted by Crippen LogP contribution is 2.35. The fourth-order valence-corrected chi connectivity index (χ4v) is 3.82. The number of imidazole rings is 1. The summed E-state index contributed by atoms with van der Waals surface area (Å²) in [5.41, 5.74) is 8.12. The number of rotatable bonds is 1. The molecule has 3 heteroatoms. The van der Waals surface area contributed by atoms with Gasteiger partial charge in [0.1, 0.15) is 10.4 Å². The number of hydrogen-bond donors (Lipinski definition) is 0. The summed E-state index contributed by atoms with van der Waals surface area (Å²) < 4.78 is 3.45. The van der Waals surface area contributed by atoms with Crippen molar-refractivity contribution in [2.24, 2.45) is 0 Å². The van der Waals surface area contributed by atoms with Crippen molar-refractivity contribution in [2.45, 2.75) is 53.5 Å². The minimum Gasteiger partial charge on any atom is -0.327 e. The molecular formula is C17H21BrN2. The molecular weight excluding hydrogens is 312 g/mol. The molecule has 2 aromatic rings. The summed E-state index contributed by atoms with van der Waals surface area (Å²) >= 11 is 3.65. The van der Waals surface area contributed by atoms with Crippen molar-refractivity contribution < 1.29 is 0 Å². The van der Waals surface area contributed by atoms with Crippen LogP contribution in [0.4, 0.5) is 0 Å². The maximum absolute atomic E-state index is 4.85. The Kier molecular flexibility index (Phi) is 3.49. The summed E-state index contributed by atoms with van der Waals surface area (Å²) in [4.78, 5) is 4.85. The highest BCUT2D eigenvalue weighted by Gasteiger charge is 2.22. The first-order chi connectivity index (χ1) is 9.50. The summed E-state index contributed by atoms with van der Waals surface area (Å²) in [5.74, 6) is 1.15. The summed E-state index contributed by atoms with van der Waals surface area (Å²) in [6.45, 7) is 9.92. The predicted octanol–water partition coefficient (Wildman–Crippen LogP) is 4.88. The molecule has 0 radical (unpaired) electrons. The number of aryl methyl sites for hydroxylation is 2. The van der Waals surface area contributed by atoms with E-state index in [1.807, 2.05) is 0 Å². The molecule has 0 amide bonds. The molecule has 1 aliphatic rings. The zero-order valence-corrected chi connectivity index (χ0v) is 14.3. The number of hydrogen-bond acceptors (Lipinski definition) is 1. The Hall–Kier alpha value is -1.09. The molecule has 2 nitrogen and oxygen atoms in total. The van der Waals surface area contributed by atoms with Gasteiger partial charge in [0.25, 0.3) is 0 Å². The molecule has 0 saturated carbocycles. The fraction of sp³-hybridized carbons (Fsp3) is 0.471. The Morgan fingerprint density at radius 3 is 2.35 bits per heavy atom. The monoisotopic (exact) mass is 332 g/mol. The highest BCUT2D eigenvalue weighted by molar-refractivity contribution is 9.10. The molecule has 0 bridgehead atoms. The van der Waals surface area contributed by atoms with Gasteiger partial charge in [0.05, 0.1) is 5.69 Å². The van der Waals surface area contributed by atoms with Crippen LogP contribution in [-0.4, -0.2) is 9.55 Å². The molecule has 20 heavy (non-hydrogen) atoms. The van der Waals surface area contributed by atoms with E-state index in [0.29, 0.717) is 0 Å². The molecule has 106 valence electrons. The predicted molar refractivity (Wildman–Crippen MR) is 87.2 cm³/mol. The molecule has 2 heterocycles. The standard InChI is InChI=1S/C17H21BrN2/c1-10-9-11(2)13(4)15(12(10)3)17-19-16(18)14-7-5-6-8-20(14)17/h9H,5-8H2,1-4H3. The molecule has 1 aromatic carbocycles. The third-order valence-electron chi connectivity index (χ3n) is 4.66. The third kappa shape index (κ3) is 2.03. The van der Waals surface area contributed by atoms with Crippen LogP contribution in [0.1, 0.15) is 40.8 Å². The quantitative estimate of drug-likeness (QED) is 0.727. The van der Waals surface area contributed by atoms with Crippen molar-refractivity contribution in [1.29, 1.82) is 0 Å². The summed E-state index contributed by atoms with van der Waals surface area (Å²) in [6.07, 6.45) is 3.66. The van der Waals surface area contributed by atoms with Gasteiger partial charge in [0.15, 0.2) is 0 Å². The Morgan fingerprint density at radius 2 is 1.70 bits per heavy atom. The lowest BCUT2D eigenvalue weighted by Gasteiger charge is -2.20. The Balaban J connectivity index is 2.30. The van der Waals surface area contributed by atoms with Crippen molar-refractivity contribution in [3.8, 4) is 11.4 Å². The maximum atomic E-state index is 4.85. The van der Waals surface area contributed by atoms with Crippen molar-refractivity contribution in [2.75, 3.05) is 0 Å². The zero-order chi connectivity index (χ0) is 14.4. The van der Waals surface area contributed by atoms with E-state index in [4.69, 9.17) is 4.98 Å². The number of benzene rings is 1. The summed E-state index contributed by atoms with van der Waals surface area (Å²) in [5, 5.41) is 0. The average Bonchev–Trinajstić information content (AvgIpc) is 2.75. The van der Waals surface area contributed by atoms with Gasteiger partial charge in [-0.05, 0) is 85.1 Å². The molecule has 0 N–H and O–H groups in total. The normalized spacial score (nSPS) is 14.4. The second-order valence-corrected chi connectivity index (χ2v) is 6.67. The largest absolute Gasteiger partial charge is 0.327 e. The first-order valence-corrected chi connectivity index (χ1v) is 8.12. The molecule has 0 spiro atoms. The van der Waals surface area contributed by atoms with Gasteiger partial charge in [-0.25, -0.2) is 4.98 Å². The smallest absolute Gasteiger partial charge is 0.142 e. The molecule has 1 aromatic heterocycles. The van der Waals surface area contributed by atoms with E-state index < -0.39 is 0 Å². The van der Waals surface area contributed by atoms with Gasteiger partial charge in [-0.1, -0.05) is 6.07 Å². The SMILES string of the molecule is Cc1cc(C)c(C)c(-c2nc(Br)c3n2CCCC3)c1C. The lowest BCUT2D eigenvalue weighted by Crippen LogP contribution is -2.12. The summed E-state index contributed by atoms with van der Waals surface area (Å²) in [7, 11) is 0. The Bertz CT molecular complexity index is 657. The lowest BCUT2D eigenvalue weighted by molar-refractivity contribution is 0.535. The highest BCUT2D eigenvalue weighted by atomic mass is 79.9. The number of aromatic nitrogens is 2. The van der Waals surface area contributed by atoms with Crippen LogP contribution >= 0.6 is 15.9 Å². The van der Waals surface area contributed by atoms with E-state index in [9.17, 15) is 0 Å². The van der Waals surface area contributed by atoms with Crippen molar-refractivity contribution >= 4 is 15.9 Å². The van der Waals surface area contributed by atoms with Gasteiger partial charge in [0.2, 0.25) is 0 Å². The van der Waals surface area contributed by atoms with Gasteiger partial charge in [0, 0.05) is 12.1 Å². The third-order valence-corrected chi connectivity index (χ3v) is 5.29. The van der Waals surface area contributed by atoms with Crippen LogP contribution in [0, 0.1) is 27.7 Å². The van der Waals surface area contributed by atoms with Crippen LogP contribution in [0.15, 0.2) is 10.7 Å². The van der Waals surface area contributed by atoms with Gasteiger partial charge < -0.3 is 4.57 Å². The molecule has 0 atom stereocenters. The molecule has 1 aliphatic heterocycles. The van der Waals surface area contributed by atoms with E-state index >= 15 is 0 Å². The first kappa shape index (κ1) is 13.9. The van der Waals surface area contributed by atoms with E-state index in [-0.39, 0.29) is 0 Å². The lowest BCUT2D eigenvalue weighted by atomic mass is 9.93. The van der Waals surface area contributed by atoms with Crippen molar-refractivity contribution in [3.63, 3.8) is 0 Å². The zero-order valence-electron chi connectivity index (χ0n) is 12.7. The second-order valence-electron chi connectivity index (χ2n) is 5.92. The topological polar surface area (TPSA) is 17.8 Å². The molecule has 0 aliphatic carbocycles. The van der Waals surface area contributed by atoms with Crippen LogP contribution in [-0.2, 0) is 13.0 Å². The van der Waals surface area contributed by atoms with Crippen LogP contribution < -0.4 is 0 Å². The number of halogens is 1. The van der Waals surface area contributed by atoms with Crippen LogP contribution in [0.25, 0.3) is 11.4 Å². The molecule has 3 rings (SSSR count).